The van der Waals surface area contributed by atoms with E-state index in [1.165, 1.54) is 0 Å². The van der Waals surface area contributed by atoms with Crippen molar-refractivity contribution in [2.75, 3.05) is 0 Å². The first-order chi connectivity index (χ1) is 7.94. The van der Waals surface area contributed by atoms with Crippen molar-refractivity contribution in [2.24, 2.45) is 0 Å². The quantitative estimate of drug-likeness (QED) is 0.322. The van der Waals surface area contributed by atoms with Crippen molar-refractivity contribution < 1.29 is 26.5 Å². The van der Waals surface area contributed by atoms with Crippen LogP contribution in [0.2, 0.25) is 0 Å². The van der Waals surface area contributed by atoms with Crippen molar-refractivity contribution in [1.82, 2.24) is 0 Å². The molecule has 1 rings (SSSR count). The summed E-state index contributed by atoms with van der Waals surface area (Å²) < 4.78 is 59.5. The van der Waals surface area contributed by atoms with Crippen molar-refractivity contribution in [3.63, 3.8) is 0 Å². The number of hydrogen-bond acceptors (Lipinski definition) is 4. The van der Waals surface area contributed by atoms with Crippen LogP contribution in [0.25, 0.3) is 0 Å². The molecule has 0 aromatic heterocycles. The Morgan fingerprint density at radius 2 is 1.83 bits per heavy atom. The van der Waals surface area contributed by atoms with Crippen LogP contribution >= 0.6 is 33.3 Å². The normalized spacial score (nSPS) is 12.5. The molecule has 0 atom stereocenters. The molecule has 0 aliphatic carbocycles. The average Bonchev–Trinajstić information content (AvgIpc) is 2.12. The summed E-state index contributed by atoms with van der Waals surface area (Å²) in [5.41, 5.74) is -2.30. The van der Waals surface area contributed by atoms with Crippen LogP contribution in [0.4, 0.5) is 18.9 Å². The second kappa shape index (κ2) is 4.81. The largest absolute Gasteiger partial charge is 0.418 e. The molecule has 0 fully saturated rings. The third-order valence-corrected chi connectivity index (χ3v) is 3.99. The Balaban J connectivity index is 3.78. The summed E-state index contributed by atoms with van der Waals surface area (Å²) in [5.74, 6) is 0. The van der Waals surface area contributed by atoms with E-state index in [0.29, 0.717) is 6.07 Å². The lowest BCUT2D eigenvalue weighted by atomic mass is 10.2. The molecular formula is C7H2ClF3INO4S. The number of nitro benzene ring substituents is 1. The fourth-order valence-corrected chi connectivity index (χ4v) is 3.34. The van der Waals surface area contributed by atoms with E-state index >= 15 is 0 Å². The van der Waals surface area contributed by atoms with Crippen LogP contribution in [0.15, 0.2) is 17.0 Å². The van der Waals surface area contributed by atoms with Crippen molar-refractivity contribution >= 4 is 48.0 Å². The zero-order chi connectivity index (χ0) is 14.3. The van der Waals surface area contributed by atoms with Crippen LogP contribution in [0.5, 0.6) is 0 Å². The highest BCUT2D eigenvalue weighted by atomic mass is 127. The fourth-order valence-electron chi connectivity index (χ4n) is 1.14. The lowest BCUT2D eigenvalue weighted by Gasteiger charge is -2.12. The fraction of sp³-hybridized carbons (Fsp3) is 0.143. The van der Waals surface area contributed by atoms with Gasteiger partial charge in [0.25, 0.3) is 14.7 Å². The highest BCUT2D eigenvalue weighted by molar-refractivity contribution is 14.1. The zero-order valence-electron chi connectivity index (χ0n) is 8.03. The predicted octanol–water partition coefficient (Wildman–Crippen LogP) is 3.15. The van der Waals surface area contributed by atoms with Gasteiger partial charge in [0.1, 0.15) is 4.90 Å². The first-order valence-corrected chi connectivity index (χ1v) is 7.33. The number of hydrogen-bond donors (Lipinski definition) is 0. The third-order valence-electron chi connectivity index (χ3n) is 1.80. The first-order valence-electron chi connectivity index (χ1n) is 3.94. The van der Waals surface area contributed by atoms with Crippen LogP contribution in [-0.2, 0) is 15.2 Å². The molecule has 5 nitrogen and oxygen atoms in total. The summed E-state index contributed by atoms with van der Waals surface area (Å²) in [5, 5.41) is 10.5. The Kier molecular flexibility index (Phi) is 4.13. The molecule has 0 N–H and O–H groups in total. The molecule has 11 heteroatoms. The molecule has 0 saturated carbocycles. The van der Waals surface area contributed by atoms with Crippen molar-refractivity contribution in [2.45, 2.75) is 11.1 Å². The second-order valence-electron chi connectivity index (χ2n) is 2.99. The van der Waals surface area contributed by atoms with Gasteiger partial charge in [-0.25, -0.2) is 8.42 Å². The van der Waals surface area contributed by atoms with Crippen LogP contribution in [0, 0.1) is 13.7 Å². The molecular weight excluding hydrogens is 413 g/mol. The number of nitro groups is 1. The molecule has 0 amide bonds. The van der Waals surface area contributed by atoms with Gasteiger partial charge < -0.3 is 0 Å². The van der Waals surface area contributed by atoms with E-state index in [0.717, 1.165) is 22.6 Å². The first kappa shape index (κ1) is 15.4. The van der Waals surface area contributed by atoms with Crippen molar-refractivity contribution in [3.8, 4) is 0 Å². The van der Waals surface area contributed by atoms with E-state index in [9.17, 15) is 31.7 Å². The summed E-state index contributed by atoms with van der Waals surface area (Å²) in [6, 6.07) is 0.905. The summed E-state index contributed by atoms with van der Waals surface area (Å²) in [6.07, 6.45) is -4.98. The highest BCUT2D eigenvalue weighted by Crippen LogP contribution is 2.40. The SMILES string of the molecule is O=[N+]([O-])c1cc(I)c(C(F)(F)F)c(S(=O)(=O)Cl)c1. The van der Waals surface area contributed by atoms with E-state index in [4.69, 9.17) is 10.7 Å². The van der Waals surface area contributed by atoms with Crippen LogP contribution in [-0.4, -0.2) is 13.3 Å². The molecule has 18 heavy (non-hydrogen) atoms. The van der Waals surface area contributed by atoms with Gasteiger partial charge in [0, 0.05) is 26.4 Å². The summed E-state index contributed by atoms with van der Waals surface area (Å²) in [4.78, 5) is 8.15. The van der Waals surface area contributed by atoms with E-state index in [-0.39, 0.29) is 6.07 Å². The Labute approximate surface area is 117 Å². The van der Waals surface area contributed by atoms with Gasteiger partial charge in [0.2, 0.25) is 0 Å². The van der Waals surface area contributed by atoms with Crippen molar-refractivity contribution in [3.05, 3.63) is 31.4 Å². The number of nitrogens with zero attached hydrogens (tertiary/aromatic N) is 1. The second-order valence-corrected chi connectivity index (χ2v) is 6.69. The standard InChI is InChI=1S/C7H2ClF3INO4S/c8-18(16,17)5-2-3(13(14)15)1-4(12)6(5)7(9,10)11/h1-2H. The lowest BCUT2D eigenvalue weighted by Crippen LogP contribution is -2.13. The maximum absolute atomic E-state index is 12.7. The minimum Gasteiger partial charge on any atom is -0.258 e. The Morgan fingerprint density at radius 3 is 2.17 bits per heavy atom. The topological polar surface area (TPSA) is 77.3 Å². The van der Waals surface area contributed by atoms with E-state index < -0.39 is 39.9 Å². The summed E-state index contributed by atoms with van der Waals surface area (Å²) in [7, 11) is 0.113. The molecule has 0 radical (unpaired) electrons. The van der Waals surface area contributed by atoms with Gasteiger partial charge in [-0.05, 0) is 22.6 Å². The number of alkyl halides is 3. The lowest BCUT2D eigenvalue weighted by molar-refractivity contribution is -0.385. The molecule has 100 valence electrons. The molecule has 0 bridgehead atoms. The van der Waals surface area contributed by atoms with Crippen LogP contribution in [0.1, 0.15) is 5.56 Å². The van der Waals surface area contributed by atoms with E-state index in [1.54, 1.807) is 0 Å². The highest BCUT2D eigenvalue weighted by Gasteiger charge is 2.40. The molecule has 0 aliphatic heterocycles. The molecule has 0 aliphatic rings. The maximum atomic E-state index is 12.7. The molecule has 0 unspecified atom stereocenters. The van der Waals surface area contributed by atoms with Gasteiger partial charge in [0.05, 0.1) is 10.5 Å². The van der Waals surface area contributed by atoms with Crippen molar-refractivity contribution in [1.29, 1.82) is 0 Å². The Morgan fingerprint density at radius 1 is 1.33 bits per heavy atom. The van der Waals surface area contributed by atoms with E-state index in [1.807, 2.05) is 0 Å². The van der Waals surface area contributed by atoms with Gasteiger partial charge in [-0.1, -0.05) is 0 Å². The molecule has 1 aromatic carbocycles. The number of halogens is 5. The molecule has 0 saturated heterocycles. The van der Waals surface area contributed by atoms with Gasteiger partial charge in [-0.3, -0.25) is 10.1 Å². The maximum Gasteiger partial charge on any atom is 0.418 e. The Hall–Kier alpha value is -0.620. The Bertz CT molecular complexity index is 616. The smallest absolute Gasteiger partial charge is 0.258 e. The molecule has 0 heterocycles. The predicted molar refractivity (Wildman–Crippen MR) is 63.9 cm³/mol. The molecule has 0 spiro atoms. The van der Waals surface area contributed by atoms with Gasteiger partial charge in [-0.2, -0.15) is 13.2 Å². The zero-order valence-corrected chi connectivity index (χ0v) is 11.8. The van der Waals surface area contributed by atoms with Crippen LogP contribution in [0.3, 0.4) is 0 Å². The number of rotatable bonds is 2. The van der Waals surface area contributed by atoms with Gasteiger partial charge >= 0.3 is 6.18 Å². The minimum atomic E-state index is -4.98. The summed E-state index contributed by atoms with van der Waals surface area (Å²) in [6.45, 7) is 0. The van der Waals surface area contributed by atoms with Gasteiger partial charge in [0.15, 0.2) is 0 Å². The average molecular weight is 416 g/mol. The van der Waals surface area contributed by atoms with Crippen LogP contribution < -0.4 is 0 Å². The van der Waals surface area contributed by atoms with E-state index in [2.05, 4.69) is 0 Å². The molecule has 1 aromatic rings. The minimum absolute atomic E-state index is 0.285. The third kappa shape index (κ3) is 3.23. The summed E-state index contributed by atoms with van der Waals surface area (Å²) >= 11 is 1.16. The number of benzene rings is 1. The van der Waals surface area contributed by atoms with Gasteiger partial charge in [-0.15, -0.1) is 0 Å². The number of non-ortho nitro benzene ring substituents is 1. The monoisotopic (exact) mass is 415 g/mol.